The Morgan fingerprint density at radius 1 is 1.40 bits per heavy atom. The highest BCUT2D eigenvalue weighted by molar-refractivity contribution is 7.89. The molecule has 0 aliphatic heterocycles. The van der Waals surface area contributed by atoms with Crippen LogP contribution in [0.15, 0.2) is 23.1 Å². The Morgan fingerprint density at radius 2 is 2.12 bits per heavy atom. The average Bonchev–Trinajstić information content (AvgIpc) is 2.54. The molecule has 3 atom stereocenters. The molecule has 0 saturated heterocycles. The van der Waals surface area contributed by atoms with E-state index in [2.05, 4.69) is 5.32 Å². The van der Waals surface area contributed by atoms with Crippen LogP contribution in [0.4, 0.5) is 0 Å². The maximum absolute atomic E-state index is 12.1. The van der Waals surface area contributed by atoms with Crippen molar-refractivity contribution in [2.75, 3.05) is 13.7 Å². The standard InChI is InChI=1S/C16H24N2O6S/c1-10-8-11(25(17,21)22)6-7-13(10)24-9-15(19)18-12-4-3-5-14(23-2)16(12)20/h6-8,12,14,16,20H,3-5,9H2,1-2H3,(H,18,19)(H2,17,21,22)/t12-,14-,16-/m1/s1. The molecule has 1 aromatic carbocycles. The van der Waals surface area contributed by atoms with Crippen LogP contribution in [0.25, 0.3) is 0 Å². The topological polar surface area (TPSA) is 128 Å². The molecular formula is C16H24N2O6S. The molecule has 1 aliphatic rings. The van der Waals surface area contributed by atoms with Crippen molar-refractivity contribution >= 4 is 15.9 Å². The fourth-order valence-electron chi connectivity index (χ4n) is 2.91. The van der Waals surface area contributed by atoms with Crippen LogP contribution in [-0.2, 0) is 19.6 Å². The number of hydrogen-bond acceptors (Lipinski definition) is 6. The maximum atomic E-state index is 12.1. The quantitative estimate of drug-likeness (QED) is 0.648. The average molecular weight is 372 g/mol. The largest absolute Gasteiger partial charge is 0.484 e. The van der Waals surface area contributed by atoms with Gasteiger partial charge in [0, 0.05) is 7.11 Å². The molecular weight excluding hydrogens is 348 g/mol. The third-order valence-corrected chi connectivity index (χ3v) is 5.19. The van der Waals surface area contributed by atoms with Crippen molar-refractivity contribution < 1.29 is 27.8 Å². The number of rotatable bonds is 6. The van der Waals surface area contributed by atoms with E-state index in [0.717, 1.165) is 12.8 Å². The first-order chi connectivity index (χ1) is 11.7. The monoisotopic (exact) mass is 372 g/mol. The summed E-state index contributed by atoms with van der Waals surface area (Å²) in [6, 6.07) is 3.79. The van der Waals surface area contributed by atoms with Crippen LogP contribution in [0.3, 0.4) is 0 Å². The number of sulfonamides is 1. The summed E-state index contributed by atoms with van der Waals surface area (Å²) in [5, 5.41) is 18.0. The zero-order chi connectivity index (χ0) is 18.6. The number of carbonyl (C=O) groups excluding carboxylic acids is 1. The highest BCUT2D eigenvalue weighted by Gasteiger charge is 2.32. The third-order valence-electron chi connectivity index (χ3n) is 4.28. The minimum Gasteiger partial charge on any atom is -0.484 e. The molecule has 0 bridgehead atoms. The van der Waals surface area contributed by atoms with Crippen LogP contribution in [0, 0.1) is 6.92 Å². The van der Waals surface area contributed by atoms with Crippen molar-refractivity contribution in [1.82, 2.24) is 5.32 Å². The van der Waals surface area contributed by atoms with Crippen LogP contribution in [-0.4, -0.2) is 51.4 Å². The van der Waals surface area contributed by atoms with Crippen LogP contribution >= 0.6 is 0 Å². The summed E-state index contributed by atoms with van der Waals surface area (Å²) in [5.74, 6) is 0.0252. The number of methoxy groups -OCH3 is 1. The number of carbonyl (C=O) groups is 1. The molecule has 9 heteroatoms. The summed E-state index contributed by atoms with van der Waals surface area (Å²) < 4.78 is 33.3. The molecule has 8 nitrogen and oxygen atoms in total. The Balaban J connectivity index is 1.92. The van der Waals surface area contributed by atoms with Gasteiger partial charge >= 0.3 is 0 Å². The van der Waals surface area contributed by atoms with Gasteiger partial charge in [0.25, 0.3) is 5.91 Å². The zero-order valence-corrected chi connectivity index (χ0v) is 15.1. The minimum absolute atomic E-state index is 0.0160. The normalized spacial score (nSPS) is 23.9. The first kappa shape index (κ1) is 19.6. The number of aliphatic hydroxyl groups excluding tert-OH is 1. The van der Waals surface area contributed by atoms with Crippen molar-refractivity contribution in [3.8, 4) is 5.75 Å². The summed E-state index contributed by atoms with van der Waals surface area (Å²) in [6.07, 6.45) is 1.26. The van der Waals surface area contributed by atoms with Gasteiger partial charge in [-0.25, -0.2) is 13.6 Å². The fourth-order valence-corrected chi connectivity index (χ4v) is 3.51. The second kappa shape index (κ2) is 8.13. The van der Waals surface area contributed by atoms with E-state index >= 15 is 0 Å². The van der Waals surface area contributed by atoms with Gasteiger partial charge in [-0.05, 0) is 49.9 Å². The number of ether oxygens (including phenoxy) is 2. The van der Waals surface area contributed by atoms with Gasteiger partial charge in [-0.2, -0.15) is 0 Å². The maximum Gasteiger partial charge on any atom is 0.258 e. The summed E-state index contributed by atoms with van der Waals surface area (Å²) in [6.45, 7) is 1.42. The van der Waals surface area contributed by atoms with Gasteiger partial charge in [-0.3, -0.25) is 4.79 Å². The molecule has 1 amide bonds. The predicted molar refractivity (Wildman–Crippen MR) is 90.6 cm³/mol. The van der Waals surface area contributed by atoms with Crippen molar-refractivity contribution in [1.29, 1.82) is 0 Å². The smallest absolute Gasteiger partial charge is 0.258 e. The summed E-state index contributed by atoms with van der Waals surface area (Å²) >= 11 is 0. The number of amides is 1. The number of aryl methyl sites for hydroxylation is 1. The van der Waals surface area contributed by atoms with E-state index in [1.807, 2.05) is 0 Å². The van der Waals surface area contributed by atoms with Crippen molar-refractivity contribution in [2.24, 2.45) is 5.14 Å². The van der Waals surface area contributed by atoms with Crippen LogP contribution in [0.5, 0.6) is 5.75 Å². The third kappa shape index (κ3) is 5.15. The SMILES string of the molecule is CO[C@@H]1CCC[C@@H](NC(=O)COc2ccc(S(N)(=O)=O)cc2C)[C@H]1O. The Kier molecular flexibility index (Phi) is 6.39. The highest BCUT2D eigenvalue weighted by atomic mass is 32.2. The molecule has 0 heterocycles. The first-order valence-corrected chi connectivity index (χ1v) is 9.53. The molecule has 1 fully saturated rings. The van der Waals surface area contributed by atoms with E-state index in [4.69, 9.17) is 14.6 Å². The summed E-state index contributed by atoms with van der Waals surface area (Å²) in [5.41, 5.74) is 0.552. The number of nitrogens with one attached hydrogen (secondary N) is 1. The first-order valence-electron chi connectivity index (χ1n) is 7.99. The highest BCUT2D eigenvalue weighted by Crippen LogP contribution is 2.22. The van der Waals surface area contributed by atoms with Crippen molar-refractivity contribution in [3.63, 3.8) is 0 Å². The number of hydrogen-bond donors (Lipinski definition) is 3. The number of benzene rings is 1. The Hall–Kier alpha value is -1.68. The van der Waals surface area contributed by atoms with E-state index in [1.54, 1.807) is 6.92 Å². The van der Waals surface area contributed by atoms with Gasteiger partial charge in [0.2, 0.25) is 10.0 Å². The lowest BCUT2D eigenvalue weighted by atomic mass is 9.90. The van der Waals surface area contributed by atoms with Crippen molar-refractivity contribution in [3.05, 3.63) is 23.8 Å². The molecule has 1 aromatic rings. The molecule has 1 aliphatic carbocycles. The van der Waals surface area contributed by atoms with Crippen LogP contribution in [0.1, 0.15) is 24.8 Å². The number of aliphatic hydroxyl groups is 1. The van der Waals surface area contributed by atoms with Crippen LogP contribution < -0.4 is 15.2 Å². The number of nitrogens with two attached hydrogens (primary N) is 1. The van der Waals surface area contributed by atoms with E-state index < -0.39 is 16.1 Å². The van der Waals surface area contributed by atoms with E-state index in [-0.39, 0.29) is 29.6 Å². The summed E-state index contributed by atoms with van der Waals surface area (Å²) in [4.78, 5) is 12.0. The predicted octanol–water partition coefficient (Wildman–Crippen LogP) is 0.0658. The molecule has 0 spiro atoms. The lowest BCUT2D eigenvalue weighted by Gasteiger charge is -2.34. The summed E-state index contributed by atoms with van der Waals surface area (Å²) in [7, 11) is -2.24. The van der Waals surface area contributed by atoms with E-state index in [1.165, 1.54) is 25.3 Å². The molecule has 0 radical (unpaired) electrons. The van der Waals surface area contributed by atoms with E-state index in [0.29, 0.717) is 17.7 Å². The second-order valence-corrected chi connectivity index (χ2v) is 7.69. The Morgan fingerprint density at radius 3 is 2.72 bits per heavy atom. The van der Waals surface area contributed by atoms with Gasteiger partial charge in [0.1, 0.15) is 11.9 Å². The fraction of sp³-hybridized carbons (Fsp3) is 0.562. The molecule has 2 rings (SSSR count). The van der Waals surface area contributed by atoms with Gasteiger partial charge in [0.05, 0.1) is 17.0 Å². The van der Waals surface area contributed by atoms with Gasteiger partial charge in [-0.1, -0.05) is 0 Å². The molecule has 4 N–H and O–H groups in total. The lowest BCUT2D eigenvalue weighted by molar-refractivity contribution is -0.126. The van der Waals surface area contributed by atoms with Crippen molar-refractivity contribution in [2.45, 2.75) is 49.3 Å². The second-order valence-electron chi connectivity index (χ2n) is 6.13. The molecule has 140 valence electrons. The van der Waals surface area contributed by atoms with E-state index in [9.17, 15) is 18.3 Å². The molecule has 0 unspecified atom stereocenters. The number of primary sulfonamides is 1. The zero-order valence-electron chi connectivity index (χ0n) is 14.3. The molecule has 1 saturated carbocycles. The van der Waals surface area contributed by atoms with Crippen LogP contribution in [0.2, 0.25) is 0 Å². The Labute approximate surface area is 147 Å². The van der Waals surface area contributed by atoms with Gasteiger partial charge < -0.3 is 19.9 Å². The minimum atomic E-state index is -3.78. The Bertz CT molecular complexity index is 721. The lowest BCUT2D eigenvalue weighted by Crippen LogP contribution is -2.52. The molecule has 25 heavy (non-hydrogen) atoms. The van der Waals surface area contributed by atoms with Gasteiger partial charge in [-0.15, -0.1) is 0 Å². The molecule has 0 aromatic heterocycles. The van der Waals surface area contributed by atoms with Gasteiger partial charge in [0.15, 0.2) is 6.61 Å².